The molecule has 0 spiro atoms. The van der Waals surface area contributed by atoms with E-state index in [-0.39, 0.29) is 11.9 Å². The van der Waals surface area contributed by atoms with E-state index in [1.54, 1.807) is 6.92 Å². The van der Waals surface area contributed by atoms with Crippen molar-refractivity contribution in [3.63, 3.8) is 0 Å². The van der Waals surface area contributed by atoms with Gasteiger partial charge in [-0.25, -0.2) is 0 Å². The Morgan fingerprint density at radius 1 is 1.78 bits per heavy atom. The predicted molar refractivity (Wildman–Crippen MR) is 35.2 cm³/mol. The minimum Gasteiger partial charge on any atom is -0.392 e. The summed E-state index contributed by atoms with van der Waals surface area (Å²) < 4.78 is 0. The number of Topliss-reactive ketones (excluding diaryl/α,β-unsaturated/α-hetero) is 1. The lowest BCUT2D eigenvalue weighted by Crippen LogP contribution is -2.28. The number of carbonyl (C=O) groups excluding carboxylic acids is 1. The van der Waals surface area contributed by atoms with Gasteiger partial charge >= 0.3 is 0 Å². The van der Waals surface area contributed by atoms with Crippen molar-refractivity contribution in [2.45, 2.75) is 20.0 Å². The average Bonchev–Trinajstić information content (AvgIpc) is 1.63. The van der Waals surface area contributed by atoms with Crippen LogP contribution in [0.3, 0.4) is 0 Å². The molecule has 0 amide bonds. The van der Waals surface area contributed by atoms with Crippen LogP contribution in [0.5, 0.6) is 0 Å². The maximum atomic E-state index is 10.3. The monoisotopic (exact) mass is 131 g/mol. The van der Waals surface area contributed by atoms with E-state index in [4.69, 9.17) is 5.11 Å². The summed E-state index contributed by atoms with van der Waals surface area (Å²) in [5.41, 5.74) is 0. The molecule has 0 aromatic carbocycles. The third kappa shape index (κ3) is 7.59. The number of carbonyl (C=O) groups is 1. The molecule has 0 saturated carbocycles. The van der Waals surface area contributed by atoms with Gasteiger partial charge in [0.1, 0.15) is 5.78 Å². The third-order valence-corrected chi connectivity index (χ3v) is 0.814. The van der Waals surface area contributed by atoms with Crippen LogP contribution in [0.25, 0.3) is 0 Å². The van der Waals surface area contributed by atoms with Crippen LogP contribution in [0.15, 0.2) is 0 Å². The summed E-state index contributed by atoms with van der Waals surface area (Å²) in [7, 11) is 0. The quantitative estimate of drug-likeness (QED) is 0.543. The van der Waals surface area contributed by atoms with Gasteiger partial charge in [-0.05, 0) is 13.8 Å². The first-order valence-electron chi connectivity index (χ1n) is 3.01. The lowest BCUT2D eigenvalue weighted by Gasteiger charge is -2.02. The first-order valence-corrected chi connectivity index (χ1v) is 3.01. The number of rotatable bonds is 4. The molecule has 0 radical (unpaired) electrons. The highest BCUT2D eigenvalue weighted by atomic mass is 16.3. The zero-order valence-corrected chi connectivity index (χ0v) is 5.85. The molecular weight excluding hydrogens is 118 g/mol. The summed E-state index contributed by atoms with van der Waals surface area (Å²) in [5.74, 6) is 0.0932. The van der Waals surface area contributed by atoms with Crippen LogP contribution in [-0.4, -0.2) is 30.1 Å². The first kappa shape index (κ1) is 8.59. The average molecular weight is 131 g/mol. The standard InChI is InChI=1S/C6H13NO2/c1-5(8)3-7-4-6(2)9/h5,7-8H,3-4H2,1-2H3/t5-/m0/s1. The minimum atomic E-state index is -0.371. The number of aliphatic hydroxyl groups is 1. The SMILES string of the molecule is CC(=O)CNC[C@H](C)O. The predicted octanol–water partition coefficient (Wildman–Crippen LogP) is -0.454. The summed E-state index contributed by atoms with van der Waals surface area (Å²) >= 11 is 0. The van der Waals surface area contributed by atoms with E-state index < -0.39 is 0 Å². The zero-order valence-electron chi connectivity index (χ0n) is 5.85. The van der Waals surface area contributed by atoms with Crippen LogP contribution in [0.2, 0.25) is 0 Å². The third-order valence-electron chi connectivity index (χ3n) is 0.814. The van der Waals surface area contributed by atoms with Gasteiger partial charge < -0.3 is 10.4 Å². The number of hydrogen-bond acceptors (Lipinski definition) is 3. The Hall–Kier alpha value is -0.410. The summed E-state index contributed by atoms with van der Waals surface area (Å²) in [5, 5.41) is 11.5. The van der Waals surface area contributed by atoms with Gasteiger partial charge in [0.15, 0.2) is 0 Å². The van der Waals surface area contributed by atoms with Crippen molar-refractivity contribution in [1.82, 2.24) is 5.32 Å². The molecule has 0 saturated heterocycles. The molecule has 0 aliphatic heterocycles. The van der Waals surface area contributed by atoms with Crippen LogP contribution < -0.4 is 5.32 Å². The normalized spacial score (nSPS) is 13.2. The van der Waals surface area contributed by atoms with Crippen molar-refractivity contribution in [1.29, 1.82) is 0 Å². The molecule has 0 rings (SSSR count). The molecule has 0 aliphatic carbocycles. The number of ketones is 1. The molecule has 0 bridgehead atoms. The van der Waals surface area contributed by atoms with Gasteiger partial charge in [0.25, 0.3) is 0 Å². The lowest BCUT2D eigenvalue weighted by atomic mass is 10.4. The van der Waals surface area contributed by atoms with Crippen molar-refractivity contribution in [2.24, 2.45) is 0 Å². The minimum absolute atomic E-state index is 0.0932. The molecule has 1 atom stereocenters. The van der Waals surface area contributed by atoms with Crippen molar-refractivity contribution in [2.75, 3.05) is 13.1 Å². The summed E-state index contributed by atoms with van der Waals surface area (Å²) in [6, 6.07) is 0. The Kier molecular flexibility index (Phi) is 4.26. The van der Waals surface area contributed by atoms with Crippen molar-refractivity contribution in [3.05, 3.63) is 0 Å². The molecule has 0 aliphatic rings. The van der Waals surface area contributed by atoms with Crippen molar-refractivity contribution in [3.8, 4) is 0 Å². The fourth-order valence-electron chi connectivity index (χ4n) is 0.457. The van der Waals surface area contributed by atoms with E-state index in [0.29, 0.717) is 13.1 Å². The molecular formula is C6H13NO2. The molecule has 3 nitrogen and oxygen atoms in total. The fourth-order valence-corrected chi connectivity index (χ4v) is 0.457. The smallest absolute Gasteiger partial charge is 0.143 e. The second-order valence-electron chi connectivity index (χ2n) is 2.18. The van der Waals surface area contributed by atoms with Gasteiger partial charge in [-0.2, -0.15) is 0 Å². The van der Waals surface area contributed by atoms with Crippen LogP contribution in [0.1, 0.15) is 13.8 Å². The number of hydrogen-bond donors (Lipinski definition) is 2. The zero-order chi connectivity index (χ0) is 7.28. The summed E-state index contributed by atoms with van der Waals surface area (Å²) in [6.45, 7) is 4.02. The van der Waals surface area contributed by atoms with E-state index in [2.05, 4.69) is 5.32 Å². The lowest BCUT2D eigenvalue weighted by molar-refractivity contribution is -0.116. The molecule has 0 aromatic heterocycles. The molecule has 0 heterocycles. The van der Waals surface area contributed by atoms with Gasteiger partial charge in [0.05, 0.1) is 12.6 Å². The second kappa shape index (κ2) is 4.47. The maximum Gasteiger partial charge on any atom is 0.143 e. The number of nitrogens with one attached hydrogen (secondary N) is 1. The van der Waals surface area contributed by atoms with E-state index in [9.17, 15) is 4.79 Å². The summed E-state index contributed by atoms with van der Waals surface area (Å²) in [4.78, 5) is 10.3. The van der Waals surface area contributed by atoms with Crippen molar-refractivity contribution < 1.29 is 9.90 Å². The van der Waals surface area contributed by atoms with Crippen LogP contribution in [0.4, 0.5) is 0 Å². The summed E-state index contributed by atoms with van der Waals surface area (Å²) in [6.07, 6.45) is -0.371. The van der Waals surface area contributed by atoms with Gasteiger partial charge in [-0.15, -0.1) is 0 Å². The highest BCUT2D eigenvalue weighted by Gasteiger charge is 1.94. The largest absolute Gasteiger partial charge is 0.392 e. The molecule has 3 heteroatoms. The molecule has 9 heavy (non-hydrogen) atoms. The van der Waals surface area contributed by atoms with Gasteiger partial charge in [0.2, 0.25) is 0 Å². The van der Waals surface area contributed by atoms with E-state index in [0.717, 1.165) is 0 Å². The first-order chi connectivity index (χ1) is 4.13. The Bertz CT molecular complexity index is 91.1. The maximum absolute atomic E-state index is 10.3. The molecule has 0 aromatic rings. The second-order valence-corrected chi connectivity index (χ2v) is 2.18. The van der Waals surface area contributed by atoms with Gasteiger partial charge in [-0.3, -0.25) is 4.79 Å². The van der Waals surface area contributed by atoms with E-state index in [1.807, 2.05) is 0 Å². The molecule has 54 valence electrons. The van der Waals surface area contributed by atoms with Crippen LogP contribution >= 0.6 is 0 Å². The highest BCUT2D eigenvalue weighted by Crippen LogP contribution is 1.73. The topological polar surface area (TPSA) is 49.3 Å². The molecule has 0 fully saturated rings. The van der Waals surface area contributed by atoms with E-state index >= 15 is 0 Å². The fraction of sp³-hybridized carbons (Fsp3) is 0.833. The number of aliphatic hydroxyl groups excluding tert-OH is 1. The van der Waals surface area contributed by atoms with E-state index in [1.165, 1.54) is 6.92 Å². The van der Waals surface area contributed by atoms with Gasteiger partial charge in [0, 0.05) is 6.54 Å². The van der Waals surface area contributed by atoms with Crippen LogP contribution in [0, 0.1) is 0 Å². The van der Waals surface area contributed by atoms with Crippen LogP contribution in [-0.2, 0) is 4.79 Å². The Morgan fingerprint density at radius 2 is 2.33 bits per heavy atom. The Morgan fingerprint density at radius 3 is 2.67 bits per heavy atom. The molecule has 2 N–H and O–H groups in total. The highest BCUT2D eigenvalue weighted by molar-refractivity contribution is 5.77. The van der Waals surface area contributed by atoms with Gasteiger partial charge in [-0.1, -0.05) is 0 Å². The van der Waals surface area contributed by atoms with Crippen molar-refractivity contribution >= 4 is 5.78 Å². The Balaban J connectivity index is 3.01. The molecule has 0 unspecified atom stereocenters. The Labute approximate surface area is 55.1 Å².